The molecule has 0 saturated carbocycles. The standard InChI is InChI=1S/C8H17NO3/c1-7(11)9-6-8(12)4-2-3-5-10/h8,10,12H,2-6H2,1H3,(H,9,11). The maximum absolute atomic E-state index is 10.4. The Morgan fingerprint density at radius 1 is 1.50 bits per heavy atom. The van der Waals surface area contributed by atoms with Gasteiger partial charge in [0.05, 0.1) is 6.10 Å². The van der Waals surface area contributed by atoms with Crippen LogP contribution >= 0.6 is 0 Å². The first-order valence-corrected chi connectivity index (χ1v) is 4.20. The van der Waals surface area contributed by atoms with Gasteiger partial charge in [-0.25, -0.2) is 0 Å². The fourth-order valence-corrected chi connectivity index (χ4v) is 0.855. The molecule has 3 N–H and O–H groups in total. The smallest absolute Gasteiger partial charge is 0.216 e. The van der Waals surface area contributed by atoms with Crippen molar-refractivity contribution in [2.75, 3.05) is 13.2 Å². The molecule has 0 saturated heterocycles. The van der Waals surface area contributed by atoms with Crippen molar-refractivity contribution >= 4 is 5.91 Å². The van der Waals surface area contributed by atoms with Gasteiger partial charge < -0.3 is 15.5 Å². The number of amides is 1. The number of hydrogen-bond donors (Lipinski definition) is 3. The lowest BCUT2D eigenvalue weighted by Gasteiger charge is -2.09. The van der Waals surface area contributed by atoms with Crippen LogP contribution in [0.5, 0.6) is 0 Å². The van der Waals surface area contributed by atoms with Crippen LogP contribution in [-0.2, 0) is 4.79 Å². The molecule has 0 aliphatic carbocycles. The fourth-order valence-electron chi connectivity index (χ4n) is 0.855. The van der Waals surface area contributed by atoms with Crippen LogP contribution in [0.4, 0.5) is 0 Å². The third-order valence-electron chi connectivity index (χ3n) is 1.53. The molecular weight excluding hydrogens is 158 g/mol. The zero-order chi connectivity index (χ0) is 9.40. The van der Waals surface area contributed by atoms with E-state index < -0.39 is 6.10 Å². The van der Waals surface area contributed by atoms with E-state index >= 15 is 0 Å². The van der Waals surface area contributed by atoms with E-state index in [4.69, 9.17) is 5.11 Å². The SMILES string of the molecule is CC(=O)NCC(O)CCCCO. The first-order chi connectivity index (χ1) is 5.66. The van der Waals surface area contributed by atoms with Crippen molar-refractivity contribution in [1.29, 1.82) is 0 Å². The zero-order valence-corrected chi connectivity index (χ0v) is 7.42. The van der Waals surface area contributed by atoms with Gasteiger partial charge in [-0.1, -0.05) is 0 Å². The highest BCUT2D eigenvalue weighted by atomic mass is 16.3. The molecule has 12 heavy (non-hydrogen) atoms. The van der Waals surface area contributed by atoms with E-state index in [1.807, 2.05) is 0 Å². The Balaban J connectivity index is 3.21. The predicted octanol–water partition coefficient (Wildman–Crippen LogP) is -0.354. The van der Waals surface area contributed by atoms with Crippen LogP contribution in [0, 0.1) is 0 Å². The summed E-state index contributed by atoms with van der Waals surface area (Å²) in [7, 11) is 0. The second kappa shape index (κ2) is 7.06. The van der Waals surface area contributed by atoms with Crippen LogP contribution < -0.4 is 5.32 Å². The van der Waals surface area contributed by atoms with Crippen molar-refractivity contribution in [3.8, 4) is 0 Å². The summed E-state index contributed by atoms with van der Waals surface area (Å²) in [5, 5.41) is 20.2. The van der Waals surface area contributed by atoms with E-state index in [9.17, 15) is 9.90 Å². The maximum atomic E-state index is 10.4. The zero-order valence-electron chi connectivity index (χ0n) is 7.42. The first kappa shape index (κ1) is 11.4. The first-order valence-electron chi connectivity index (χ1n) is 4.20. The number of rotatable bonds is 6. The van der Waals surface area contributed by atoms with Crippen molar-refractivity contribution in [1.82, 2.24) is 5.32 Å². The lowest BCUT2D eigenvalue weighted by atomic mass is 10.1. The molecule has 0 rings (SSSR count). The largest absolute Gasteiger partial charge is 0.396 e. The number of aliphatic hydroxyl groups excluding tert-OH is 2. The lowest BCUT2D eigenvalue weighted by Crippen LogP contribution is -2.30. The number of aliphatic hydroxyl groups is 2. The highest BCUT2D eigenvalue weighted by Gasteiger charge is 2.03. The van der Waals surface area contributed by atoms with Gasteiger partial charge in [0, 0.05) is 20.1 Å². The molecule has 0 aromatic heterocycles. The van der Waals surface area contributed by atoms with E-state index in [0.717, 1.165) is 6.42 Å². The number of unbranched alkanes of at least 4 members (excludes halogenated alkanes) is 1. The number of nitrogens with one attached hydrogen (secondary N) is 1. The molecule has 0 aliphatic rings. The summed E-state index contributed by atoms with van der Waals surface area (Å²) in [5.41, 5.74) is 0. The molecule has 0 heterocycles. The fraction of sp³-hybridized carbons (Fsp3) is 0.875. The summed E-state index contributed by atoms with van der Waals surface area (Å²) in [6.07, 6.45) is 1.63. The van der Waals surface area contributed by atoms with Crippen molar-refractivity contribution < 1.29 is 15.0 Å². The second-order valence-electron chi connectivity index (χ2n) is 2.81. The van der Waals surface area contributed by atoms with Crippen LogP contribution in [0.2, 0.25) is 0 Å². The molecule has 0 spiro atoms. The van der Waals surface area contributed by atoms with Crippen LogP contribution in [0.15, 0.2) is 0 Å². The summed E-state index contributed by atoms with van der Waals surface area (Å²) in [6.45, 7) is 1.88. The van der Waals surface area contributed by atoms with E-state index in [1.165, 1.54) is 6.92 Å². The molecule has 0 fully saturated rings. The van der Waals surface area contributed by atoms with Crippen LogP contribution in [0.3, 0.4) is 0 Å². The Morgan fingerprint density at radius 2 is 2.17 bits per heavy atom. The van der Waals surface area contributed by atoms with E-state index in [2.05, 4.69) is 5.32 Å². The van der Waals surface area contributed by atoms with Gasteiger partial charge in [-0.3, -0.25) is 4.79 Å². The summed E-state index contributed by atoms with van der Waals surface area (Å²) >= 11 is 0. The Bertz CT molecular complexity index is 127. The van der Waals surface area contributed by atoms with Crippen LogP contribution in [-0.4, -0.2) is 35.4 Å². The second-order valence-corrected chi connectivity index (χ2v) is 2.81. The Hall–Kier alpha value is -0.610. The minimum atomic E-state index is -0.486. The van der Waals surface area contributed by atoms with Crippen molar-refractivity contribution in [3.63, 3.8) is 0 Å². The summed E-state index contributed by atoms with van der Waals surface area (Å²) < 4.78 is 0. The molecule has 1 unspecified atom stereocenters. The summed E-state index contributed by atoms with van der Waals surface area (Å²) in [4.78, 5) is 10.4. The van der Waals surface area contributed by atoms with E-state index in [-0.39, 0.29) is 12.5 Å². The van der Waals surface area contributed by atoms with Gasteiger partial charge in [-0.05, 0) is 19.3 Å². The number of carbonyl (C=O) groups is 1. The Labute approximate surface area is 72.6 Å². The topological polar surface area (TPSA) is 69.6 Å². The lowest BCUT2D eigenvalue weighted by molar-refractivity contribution is -0.119. The van der Waals surface area contributed by atoms with E-state index in [1.54, 1.807) is 0 Å². The molecule has 4 heteroatoms. The predicted molar refractivity (Wildman–Crippen MR) is 45.6 cm³/mol. The monoisotopic (exact) mass is 175 g/mol. The molecule has 0 aliphatic heterocycles. The average molecular weight is 175 g/mol. The summed E-state index contributed by atoms with van der Waals surface area (Å²) in [6, 6.07) is 0. The van der Waals surface area contributed by atoms with Gasteiger partial charge in [0.1, 0.15) is 0 Å². The molecule has 1 atom stereocenters. The molecule has 1 amide bonds. The molecule has 0 aromatic rings. The molecule has 4 nitrogen and oxygen atoms in total. The van der Waals surface area contributed by atoms with Crippen molar-refractivity contribution in [3.05, 3.63) is 0 Å². The molecule has 72 valence electrons. The molecule has 0 bridgehead atoms. The third kappa shape index (κ3) is 7.50. The summed E-state index contributed by atoms with van der Waals surface area (Å²) in [5.74, 6) is -0.129. The quantitative estimate of drug-likeness (QED) is 0.483. The van der Waals surface area contributed by atoms with Gasteiger partial charge in [0.15, 0.2) is 0 Å². The minimum Gasteiger partial charge on any atom is -0.396 e. The van der Waals surface area contributed by atoms with Crippen LogP contribution in [0.1, 0.15) is 26.2 Å². The molecular formula is C8H17NO3. The average Bonchev–Trinajstić information content (AvgIpc) is 2.01. The van der Waals surface area contributed by atoms with E-state index in [0.29, 0.717) is 19.4 Å². The van der Waals surface area contributed by atoms with Crippen LogP contribution in [0.25, 0.3) is 0 Å². The van der Waals surface area contributed by atoms with Gasteiger partial charge in [0.25, 0.3) is 0 Å². The highest BCUT2D eigenvalue weighted by Crippen LogP contribution is 1.98. The number of hydrogen-bond acceptors (Lipinski definition) is 3. The van der Waals surface area contributed by atoms with Crippen molar-refractivity contribution in [2.24, 2.45) is 0 Å². The van der Waals surface area contributed by atoms with Crippen molar-refractivity contribution in [2.45, 2.75) is 32.3 Å². The Morgan fingerprint density at radius 3 is 2.67 bits per heavy atom. The molecule has 0 radical (unpaired) electrons. The van der Waals surface area contributed by atoms with Gasteiger partial charge in [-0.2, -0.15) is 0 Å². The number of carbonyl (C=O) groups excluding carboxylic acids is 1. The van der Waals surface area contributed by atoms with Gasteiger partial charge in [0.2, 0.25) is 5.91 Å². The third-order valence-corrected chi connectivity index (χ3v) is 1.53. The van der Waals surface area contributed by atoms with Gasteiger partial charge >= 0.3 is 0 Å². The minimum absolute atomic E-state index is 0.129. The highest BCUT2D eigenvalue weighted by molar-refractivity contribution is 5.72. The normalized spacial score (nSPS) is 12.6. The molecule has 0 aromatic carbocycles. The maximum Gasteiger partial charge on any atom is 0.216 e. The van der Waals surface area contributed by atoms with Gasteiger partial charge in [-0.15, -0.1) is 0 Å². The Kier molecular flexibility index (Phi) is 6.70.